The fraction of sp³-hybridized carbons (Fsp3) is 0.388. The van der Waals surface area contributed by atoms with Crippen LogP contribution in [0.2, 0.25) is 15.1 Å². The summed E-state index contributed by atoms with van der Waals surface area (Å²) in [5.74, 6) is -0.0370. The molecular formula is C85H94Cl3F3N12O12S4. The molecule has 15 rings (SSSR count). The maximum Gasteiger partial charge on any atom is 0.417 e. The van der Waals surface area contributed by atoms with Crippen LogP contribution in [-0.4, -0.2) is 165 Å². The minimum atomic E-state index is -4.64. The molecule has 4 unspecified atom stereocenters. The molecule has 10 aromatic rings. The number of hydrogen-bond acceptors (Lipinski definition) is 16. The van der Waals surface area contributed by atoms with E-state index in [2.05, 4.69) is 26.9 Å². The Balaban J connectivity index is 0.000000146. The predicted molar refractivity (Wildman–Crippen MR) is 446 cm³/mol. The molecule has 0 spiro atoms. The molecule has 1 aliphatic carbocycles. The number of alkyl halides is 3. The summed E-state index contributed by atoms with van der Waals surface area (Å²) in [5.41, 5.74) is 4.12. The van der Waals surface area contributed by atoms with Crippen molar-refractivity contribution < 1.29 is 66.0 Å². The summed E-state index contributed by atoms with van der Waals surface area (Å²) in [6.45, 7) is 8.75. The van der Waals surface area contributed by atoms with Crippen molar-refractivity contribution in [2.45, 2.75) is 110 Å². The molecule has 0 N–H and O–H groups in total. The maximum absolute atomic E-state index is 13.4. The quantitative estimate of drug-likeness (QED) is 0.0394. The van der Waals surface area contributed by atoms with E-state index in [1.807, 2.05) is 74.5 Å². The van der Waals surface area contributed by atoms with E-state index in [0.29, 0.717) is 89.8 Å². The van der Waals surface area contributed by atoms with E-state index in [-0.39, 0.29) is 110 Å². The number of nitrogens with zero attached hydrogens (tertiary/aromatic N) is 12. The molecule has 34 heteroatoms. The maximum atomic E-state index is 13.4. The van der Waals surface area contributed by atoms with E-state index in [9.17, 15) is 66.0 Å². The summed E-state index contributed by atoms with van der Waals surface area (Å²) in [6, 6.07) is 41.5. The first-order valence-corrected chi connectivity index (χ1v) is 45.9. The second kappa shape index (κ2) is 37.6. The first-order chi connectivity index (χ1) is 56.4. The van der Waals surface area contributed by atoms with Crippen molar-refractivity contribution in [1.82, 2.24) is 55.4 Å². The molecule has 1 saturated carbocycles. The zero-order valence-electron chi connectivity index (χ0n) is 66.7. The number of benzene rings is 6. The minimum absolute atomic E-state index is 0.0227. The smallest absolute Gasteiger partial charge is 0.339 e. The Bertz CT molecular complexity index is 5790. The van der Waals surface area contributed by atoms with Crippen LogP contribution in [0.4, 0.5) is 13.2 Å². The molecule has 632 valence electrons. The molecule has 8 heterocycles. The van der Waals surface area contributed by atoms with Gasteiger partial charge >= 0.3 is 6.18 Å². The predicted octanol–water partition coefficient (Wildman–Crippen LogP) is 14.9. The van der Waals surface area contributed by atoms with Crippen molar-refractivity contribution in [3.8, 4) is 0 Å². The molecule has 4 atom stereocenters. The normalized spacial score (nSPS) is 17.1. The van der Waals surface area contributed by atoms with Crippen LogP contribution in [0.5, 0.6) is 0 Å². The van der Waals surface area contributed by atoms with Crippen LogP contribution in [0.3, 0.4) is 0 Å². The van der Waals surface area contributed by atoms with E-state index < -0.39 is 63.5 Å². The molecule has 5 aliphatic rings. The Morgan fingerprint density at radius 3 is 1.08 bits per heavy atom. The van der Waals surface area contributed by atoms with Gasteiger partial charge in [0, 0.05) is 153 Å². The van der Waals surface area contributed by atoms with Crippen LogP contribution in [0.25, 0.3) is 0 Å². The Morgan fingerprint density at radius 1 is 0.403 bits per heavy atom. The lowest BCUT2D eigenvalue weighted by molar-refractivity contribution is -0.137. The molecule has 4 aromatic heterocycles. The molecule has 4 aliphatic heterocycles. The van der Waals surface area contributed by atoms with Gasteiger partial charge in [-0.15, -0.1) is 0 Å². The summed E-state index contributed by atoms with van der Waals surface area (Å²) in [4.78, 5) is 67.4. The van der Waals surface area contributed by atoms with Gasteiger partial charge in [0.15, 0.2) is 43.2 Å². The summed E-state index contributed by atoms with van der Waals surface area (Å²) >= 11 is 18.7. The van der Waals surface area contributed by atoms with Crippen LogP contribution < -0.4 is 0 Å². The van der Waals surface area contributed by atoms with Crippen molar-refractivity contribution in [3.63, 3.8) is 0 Å². The van der Waals surface area contributed by atoms with Crippen LogP contribution in [0.15, 0.2) is 216 Å². The Morgan fingerprint density at radius 2 is 0.731 bits per heavy atom. The number of carbonyl (C=O) groups excluding carboxylic acids is 4. The second-order valence-electron chi connectivity index (χ2n) is 31.4. The van der Waals surface area contributed by atoms with Crippen molar-refractivity contribution in [2.75, 3.05) is 52.4 Å². The average molecular weight is 1770 g/mol. The Kier molecular flexibility index (Phi) is 28.3. The van der Waals surface area contributed by atoms with E-state index in [1.54, 1.807) is 103 Å². The van der Waals surface area contributed by atoms with E-state index >= 15 is 0 Å². The van der Waals surface area contributed by atoms with Gasteiger partial charge in [-0.3, -0.25) is 19.2 Å². The molecule has 0 amide bonds. The van der Waals surface area contributed by atoms with Gasteiger partial charge in [-0.05, 0) is 151 Å². The van der Waals surface area contributed by atoms with Gasteiger partial charge in [-0.1, -0.05) is 151 Å². The fourth-order valence-corrected chi connectivity index (χ4v) is 22.6. The molecule has 119 heavy (non-hydrogen) atoms. The molecule has 0 radical (unpaired) electrons. The van der Waals surface area contributed by atoms with Gasteiger partial charge in [0.2, 0.25) is 0 Å². The van der Waals surface area contributed by atoms with E-state index in [4.69, 9.17) is 34.8 Å². The van der Waals surface area contributed by atoms with Crippen LogP contribution >= 0.6 is 34.8 Å². The van der Waals surface area contributed by atoms with E-state index in [0.717, 1.165) is 54.0 Å². The molecule has 24 nitrogen and oxygen atoms in total. The lowest BCUT2D eigenvalue weighted by Gasteiger charge is -2.42. The average Bonchev–Trinajstić information content (AvgIpc) is 1.74. The topological polar surface area (TPSA) is 289 Å². The number of aryl methyl sites for hydroxylation is 6. The molecule has 0 bridgehead atoms. The Labute approximate surface area is 707 Å². The zero-order chi connectivity index (χ0) is 85.6. The van der Waals surface area contributed by atoms with Gasteiger partial charge < -0.3 is 18.3 Å². The summed E-state index contributed by atoms with van der Waals surface area (Å²) in [5, 5.41) is 1.55. The first kappa shape index (κ1) is 89.4. The number of imidazole rings is 4. The standard InChI is InChI=1S/C23H22F3N3O3S.C22H22ClN3O3S.C20H24ClN3O3S.C20H26ClN3O3S/c1-28-14-22(27-15-28)33(31,32)29-12-17(13-29)19(16-7-3-2-4-8-16)11-21(30)18-9-5-6-10-20(18)23(24,25)26;1-25-14-22(24-15-25)30(28,29)26-12-17(13-26)19(16-7-3-2-4-8-16)11-21(27)18-9-5-6-10-20(18)23;1-13-3-6-16(18(21)7-13)19(25)8-17(14-4-5-14)15-9-24(10-15)28(26,27)20-11-23(2)12-22-20;1-4-5-15(9-19(25)17-7-6-14(2)8-18(17)21)16-10-24(11-16)28(26,27)20-12-23(3)13-22-20/h2-10,14-15,17,19H,11-13H2,1H3;2-10,14-15,17,19H,11-13H2,1H3;3,6-7,11-12,14-15,17H,4-5,8-10H2,1-2H3;6-8,12-13,15-16H,4-5,9-11H2,1-3H3. The van der Waals surface area contributed by atoms with Crippen molar-refractivity contribution >= 4 is 98.0 Å². The van der Waals surface area contributed by atoms with Crippen molar-refractivity contribution in [3.05, 3.63) is 261 Å². The summed E-state index contributed by atoms with van der Waals surface area (Å²) in [6.07, 6.45) is 12.1. The molecule has 6 aromatic carbocycles. The zero-order valence-corrected chi connectivity index (χ0v) is 72.2. The van der Waals surface area contributed by atoms with Gasteiger partial charge in [-0.25, -0.2) is 53.6 Å². The number of carbonyl (C=O) groups is 4. The van der Waals surface area contributed by atoms with Gasteiger partial charge in [0.25, 0.3) is 40.1 Å². The largest absolute Gasteiger partial charge is 0.417 e. The second-order valence-corrected chi connectivity index (χ2v) is 40.2. The third-order valence-electron chi connectivity index (χ3n) is 22.6. The highest BCUT2D eigenvalue weighted by molar-refractivity contribution is 7.90. The fourth-order valence-electron chi connectivity index (χ4n) is 15.6. The SMILES string of the molecule is CCCC(CC(=O)c1ccc(C)cc1Cl)C1CN(S(=O)(=O)c2cn(C)cn2)C1.Cc1ccc(C(=O)CC(C2CC2)C2CN(S(=O)(=O)c3cn(C)cn3)C2)c(Cl)c1.Cn1cnc(S(=O)(=O)N2CC(C(CC(=O)c3ccccc3C(F)(F)F)c3ccccc3)C2)c1.Cn1cnc(S(=O)(=O)N2CC(C(CC(=O)c3ccccc3Cl)c3ccccc3)C2)c1. The van der Waals surface area contributed by atoms with Gasteiger partial charge in [-0.2, -0.15) is 30.4 Å². The monoisotopic (exact) mass is 1760 g/mol. The third kappa shape index (κ3) is 21.2. The highest BCUT2D eigenvalue weighted by Crippen LogP contribution is 2.48. The van der Waals surface area contributed by atoms with Crippen LogP contribution in [0, 0.1) is 55.3 Å². The first-order valence-electron chi connectivity index (χ1n) is 39.0. The number of ketones is 4. The number of sulfonamides is 4. The van der Waals surface area contributed by atoms with Crippen LogP contribution in [0.1, 0.15) is 139 Å². The Hall–Kier alpha value is -8.86. The number of Topliss-reactive ketones (excluding diaryl/α,β-unsaturated/α-hetero) is 4. The van der Waals surface area contributed by atoms with Gasteiger partial charge in [0.1, 0.15) is 0 Å². The lowest BCUT2D eigenvalue weighted by atomic mass is 9.78. The number of halogens is 6. The summed E-state index contributed by atoms with van der Waals surface area (Å²) < 4.78 is 154. The number of hydrogen-bond donors (Lipinski definition) is 0. The van der Waals surface area contributed by atoms with Crippen molar-refractivity contribution in [1.29, 1.82) is 0 Å². The molecular weight excluding hydrogens is 1670 g/mol. The van der Waals surface area contributed by atoms with E-state index in [1.165, 1.54) is 90.1 Å². The number of rotatable bonds is 29. The number of aromatic nitrogens is 8. The van der Waals surface area contributed by atoms with Crippen LogP contribution in [-0.2, 0) is 74.5 Å². The molecule has 5 fully saturated rings. The van der Waals surface area contributed by atoms with Gasteiger partial charge in [0.05, 0.1) is 45.9 Å². The van der Waals surface area contributed by atoms with Crippen molar-refractivity contribution in [2.24, 2.45) is 69.6 Å². The molecule has 4 saturated heterocycles. The minimum Gasteiger partial charge on any atom is -0.339 e. The highest BCUT2D eigenvalue weighted by Gasteiger charge is 2.49. The lowest BCUT2D eigenvalue weighted by Crippen LogP contribution is -2.53. The highest BCUT2D eigenvalue weighted by atomic mass is 35.5. The summed E-state index contributed by atoms with van der Waals surface area (Å²) in [7, 11) is -7.61. The third-order valence-corrected chi connectivity index (χ3v) is 30.5.